The lowest BCUT2D eigenvalue weighted by Gasteiger charge is -2.15. The smallest absolute Gasteiger partial charge is 0.262 e. The zero-order valence-corrected chi connectivity index (χ0v) is 20.5. The van der Waals surface area contributed by atoms with E-state index < -0.39 is 5.91 Å². The van der Waals surface area contributed by atoms with Crippen LogP contribution in [0.4, 0.5) is 0 Å². The van der Waals surface area contributed by atoms with Gasteiger partial charge in [0.15, 0.2) is 11.5 Å². The molecule has 3 aromatic carbocycles. The van der Waals surface area contributed by atoms with Gasteiger partial charge in [0.1, 0.15) is 18.2 Å². The fraction of sp³-hybridized carbons (Fsp3) is 0.154. The van der Waals surface area contributed by atoms with Crippen molar-refractivity contribution < 1.29 is 14.3 Å². The van der Waals surface area contributed by atoms with Gasteiger partial charge in [0.25, 0.3) is 5.91 Å². The zero-order chi connectivity index (χ0) is 23.8. The molecule has 1 atom stereocenters. The molecule has 0 spiro atoms. The highest BCUT2D eigenvalue weighted by Gasteiger charge is 2.16. The first-order chi connectivity index (χ1) is 15.9. The third-order valence-corrected chi connectivity index (χ3v) is 5.86. The number of hydrogen-bond donors (Lipinski definition) is 1. The first-order valence-corrected chi connectivity index (χ1v) is 11.3. The van der Waals surface area contributed by atoms with Crippen LogP contribution in [0.15, 0.2) is 76.8 Å². The molecule has 5 nitrogen and oxygen atoms in total. The monoisotopic (exact) mass is 524 g/mol. The van der Waals surface area contributed by atoms with E-state index >= 15 is 0 Å². The SMILES string of the molecule is COc1cc(/C=C(\C#N)C(=O)N[C@@H](C)c2ccccc2)cc(Br)c1OCc1ccccc1Cl. The van der Waals surface area contributed by atoms with Crippen LogP contribution >= 0.6 is 27.5 Å². The number of halogens is 2. The van der Waals surface area contributed by atoms with E-state index in [1.807, 2.05) is 61.5 Å². The normalized spacial score (nSPS) is 11.9. The Balaban J connectivity index is 1.80. The molecule has 0 heterocycles. The van der Waals surface area contributed by atoms with E-state index in [1.54, 1.807) is 18.2 Å². The van der Waals surface area contributed by atoms with Crippen molar-refractivity contribution in [2.45, 2.75) is 19.6 Å². The predicted molar refractivity (Wildman–Crippen MR) is 133 cm³/mol. The van der Waals surface area contributed by atoms with Gasteiger partial charge < -0.3 is 14.8 Å². The Morgan fingerprint density at radius 2 is 1.88 bits per heavy atom. The highest BCUT2D eigenvalue weighted by molar-refractivity contribution is 9.10. The van der Waals surface area contributed by atoms with Crippen molar-refractivity contribution in [2.75, 3.05) is 7.11 Å². The molecule has 0 aliphatic heterocycles. The Hall–Kier alpha value is -3.27. The second-order valence-electron chi connectivity index (χ2n) is 7.19. The number of carbonyl (C=O) groups excluding carboxylic acids is 1. The lowest BCUT2D eigenvalue weighted by atomic mass is 10.1. The Bertz CT molecular complexity index is 1210. The molecule has 0 fully saturated rings. The second-order valence-corrected chi connectivity index (χ2v) is 8.45. The van der Waals surface area contributed by atoms with Gasteiger partial charge >= 0.3 is 0 Å². The molecule has 0 bridgehead atoms. The van der Waals surface area contributed by atoms with Gasteiger partial charge in [0.2, 0.25) is 0 Å². The molecule has 0 aromatic heterocycles. The van der Waals surface area contributed by atoms with Crippen molar-refractivity contribution in [3.63, 3.8) is 0 Å². The molecular formula is C26H22BrClN2O3. The number of benzene rings is 3. The van der Waals surface area contributed by atoms with Crippen LogP contribution < -0.4 is 14.8 Å². The minimum absolute atomic E-state index is 0.0172. The number of hydrogen-bond acceptors (Lipinski definition) is 4. The second kappa shape index (κ2) is 11.6. The van der Waals surface area contributed by atoms with Gasteiger partial charge in [-0.2, -0.15) is 5.26 Å². The minimum Gasteiger partial charge on any atom is -0.493 e. The Kier molecular flexibility index (Phi) is 8.53. The summed E-state index contributed by atoms with van der Waals surface area (Å²) in [7, 11) is 1.52. The van der Waals surface area contributed by atoms with Crippen LogP contribution in [0.3, 0.4) is 0 Å². The van der Waals surface area contributed by atoms with E-state index in [9.17, 15) is 10.1 Å². The standard InChI is InChI=1S/C26H22BrClN2O3/c1-17(19-8-4-3-5-9-19)30-26(31)21(15-29)12-18-13-22(27)25(24(14-18)32-2)33-16-20-10-6-7-11-23(20)28/h3-14,17H,16H2,1-2H3,(H,30,31)/b21-12+/t17-/m0/s1. The fourth-order valence-electron chi connectivity index (χ4n) is 3.14. The van der Waals surface area contributed by atoms with Crippen LogP contribution in [0.1, 0.15) is 29.7 Å². The highest BCUT2D eigenvalue weighted by Crippen LogP contribution is 2.38. The lowest BCUT2D eigenvalue weighted by Crippen LogP contribution is -2.27. The number of nitrogens with one attached hydrogen (secondary N) is 1. The molecule has 7 heteroatoms. The topological polar surface area (TPSA) is 71.3 Å². The fourth-order valence-corrected chi connectivity index (χ4v) is 3.91. The van der Waals surface area contributed by atoms with Crippen molar-refractivity contribution >= 4 is 39.5 Å². The number of amides is 1. The molecular weight excluding hydrogens is 504 g/mol. The Labute approximate surface area is 206 Å². The van der Waals surface area contributed by atoms with Crippen LogP contribution in [0.5, 0.6) is 11.5 Å². The molecule has 168 valence electrons. The van der Waals surface area contributed by atoms with Crippen molar-refractivity contribution in [1.29, 1.82) is 5.26 Å². The number of nitrogens with zero attached hydrogens (tertiary/aromatic N) is 1. The number of carbonyl (C=O) groups is 1. The molecule has 3 aromatic rings. The number of ether oxygens (including phenoxy) is 2. The third kappa shape index (κ3) is 6.38. The predicted octanol–water partition coefficient (Wildman–Crippen LogP) is 6.47. The molecule has 0 saturated heterocycles. The highest BCUT2D eigenvalue weighted by atomic mass is 79.9. The zero-order valence-electron chi connectivity index (χ0n) is 18.1. The molecule has 3 rings (SSSR count). The summed E-state index contributed by atoms with van der Waals surface area (Å²) < 4.78 is 12.0. The van der Waals surface area contributed by atoms with Gasteiger partial charge in [0, 0.05) is 10.6 Å². The van der Waals surface area contributed by atoms with Gasteiger partial charge in [-0.3, -0.25) is 4.79 Å². The minimum atomic E-state index is -0.456. The average Bonchev–Trinajstić information content (AvgIpc) is 2.82. The van der Waals surface area contributed by atoms with Crippen molar-refractivity contribution in [2.24, 2.45) is 0 Å². The van der Waals surface area contributed by atoms with Gasteiger partial charge in [-0.1, -0.05) is 60.1 Å². The van der Waals surface area contributed by atoms with Crippen LogP contribution in [0, 0.1) is 11.3 Å². The van der Waals surface area contributed by atoms with E-state index in [0.29, 0.717) is 26.6 Å². The van der Waals surface area contributed by atoms with Crippen LogP contribution in [-0.2, 0) is 11.4 Å². The lowest BCUT2D eigenvalue weighted by molar-refractivity contribution is -0.117. The molecule has 1 amide bonds. The van der Waals surface area contributed by atoms with Crippen molar-refractivity contribution in [3.8, 4) is 17.6 Å². The summed E-state index contributed by atoms with van der Waals surface area (Å²) in [6.45, 7) is 2.13. The first kappa shape index (κ1) is 24.4. The molecule has 0 aliphatic rings. The van der Waals surface area contributed by atoms with Crippen molar-refractivity contribution in [1.82, 2.24) is 5.32 Å². The number of nitriles is 1. The molecule has 0 unspecified atom stereocenters. The number of methoxy groups -OCH3 is 1. The molecule has 0 radical (unpaired) electrons. The summed E-state index contributed by atoms with van der Waals surface area (Å²) in [5.74, 6) is 0.497. The quantitative estimate of drug-likeness (QED) is 0.270. The van der Waals surface area contributed by atoms with Gasteiger partial charge in [0.05, 0.1) is 17.6 Å². The maximum absolute atomic E-state index is 12.7. The summed E-state index contributed by atoms with van der Waals surface area (Å²) in [5.41, 5.74) is 2.39. The van der Waals surface area contributed by atoms with Crippen LogP contribution in [0.2, 0.25) is 5.02 Å². The largest absolute Gasteiger partial charge is 0.493 e. The Morgan fingerprint density at radius 3 is 2.55 bits per heavy atom. The van der Waals surface area contributed by atoms with E-state index in [2.05, 4.69) is 21.2 Å². The summed E-state index contributed by atoms with van der Waals surface area (Å²) >= 11 is 9.71. The number of rotatable bonds is 8. The molecule has 1 N–H and O–H groups in total. The summed E-state index contributed by atoms with van der Waals surface area (Å²) in [6.07, 6.45) is 1.51. The molecule has 33 heavy (non-hydrogen) atoms. The molecule has 0 saturated carbocycles. The van der Waals surface area contributed by atoms with Gasteiger partial charge in [-0.05, 0) is 58.3 Å². The van der Waals surface area contributed by atoms with E-state index in [4.69, 9.17) is 21.1 Å². The third-order valence-electron chi connectivity index (χ3n) is 4.90. The van der Waals surface area contributed by atoms with E-state index in [0.717, 1.165) is 11.1 Å². The summed E-state index contributed by atoms with van der Waals surface area (Å²) in [6, 6.07) is 22.2. The van der Waals surface area contributed by atoms with Gasteiger partial charge in [-0.15, -0.1) is 0 Å². The van der Waals surface area contributed by atoms with Crippen molar-refractivity contribution in [3.05, 3.63) is 98.5 Å². The summed E-state index contributed by atoms with van der Waals surface area (Å²) in [4.78, 5) is 12.7. The maximum Gasteiger partial charge on any atom is 0.262 e. The maximum atomic E-state index is 12.7. The van der Waals surface area contributed by atoms with Crippen LogP contribution in [-0.4, -0.2) is 13.0 Å². The van der Waals surface area contributed by atoms with Gasteiger partial charge in [-0.25, -0.2) is 0 Å². The molecule has 0 aliphatic carbocycles. The Morgan fingerprint density at radius 1 is 1.18 bits per heavy atom. The summed E-state index contributed by atoms with van der Waals surface area (Å²) in [5, 5.41) is 13.0. The average molecular weight is 526 g/mol. The van der Waals surface area contributed by atoms with E-state index in [1.165, 1.54) is 13.2 Å². The first-order valence-electron chi connectivity index (χ1n) is 10.1. The van der Waals surface area contributed by atoms with E-state index in [-0.39, 0.29) is 18.2 Å². The van der Waals surface area contributed by atoms with Crippen LogP contribution in [0.25, 0.3) is 6.08 Å².